The molecule has 0 amide bonds. The molecule has 2 aromatic carbocycles. The monoisotopic (exact) mass is 333 g/mol. The van der Waals surface area contributed by atoms with E-state index in [-0.39, 0.29) is 11.9 Å². The molecule has 1 saturated heterocycles. The molecule has 0 bridgehead atoms. The standard InChI is InChI=1S/C18H20FNO2S/c1-13-8-9-17(11-14(13)2)23(21,22)20-10-4-7-18(20)15-5-3-6-16(19)12-15/h3,5-6,8-9,11-12,18H,4,7,10H2,1-2H3/t18-/m0/s1. The average molecular weight is 333 g/mol. The fourth-order valence-electron chi connectivity index (χ4n) is 3.08. The summed E-state index contributed by atoms with van der Waals surface area (Å²) < 4.78 is 41.0. The third-order valence-electron chi connectivity index (χ3n) is 4.52. The second kappa shape index (κ2) is 6.06. The molecule has 23 heavy (non-hydrogen) atoms. The van der Waals surface area contributed by atoms with Gasteiger partial charge in [-0.15, -0.1) is 0 Å². The maximum absolute atomic E-state index is 13.5. The zero-order chi connectivity index (χ0) is 16.6. The van der Waals surface area contributed by atoms with Gasteiger partial charge in [0.1, 0.15) is 5.82 Å². The molecule has 1 fully saturated rings. The minimum Gasteiger partial charge on any atom is -0.207 e. The van der Waals surface area contributed by atoms with E-state index in [1.807, 2.05) is 19.9 Å². The Kier molecular flexibility index (Phi) is 4.25. The molecule has 0 radical (unpaired) electrons. The molecule has 0 saturated carbocycles. The van der Waals surface area contributed by atoms with E-state index in [1.165, 1.54) is 16.4 Å². The summed E-state index contributed by atoms with van der Waals surface area (Å²) in [7, 11) is -3.58. The Morgan fingerprint density at radius 3 is 2.57 bits per heavy atom. The molecule has 0 unspecified atom stereocenters. The van der Waals surface area contributed by atoms with E-state index < -0.39 is 10.0 Å². The first-order chi connectivity index (χ1) is 10.9. The van der Waals surface area contributed by atoms with E-state index in [0.29, 0.717) is 17.9 Å². The van der Waals surface area contributed by atoms with Crippen LogP contribution in [0.25, 0.3) is 0 Å². The van der Waals surface area contributed by atoms with Crippen molar-refractivity contribution in [1.82, 2.24) is 4.31 Å². The largest absolute Gasteiger partial charge is 0.243 e. The number of aryl methyl sites for hydroxylation is 2. The number of hydrogen-bond donors (Lipinski definition) is 0. The van der Waals surface area contributed by atoms with Crippen molar-refractivity contribution in [3.05, 3.63) is 65.0 Å². The topological polar surface area (TPSA) is 37.4 Å². The number of sulfonamides is 1. The van der Waals surface area contributed by atoms with Gasteiger partial charge in [-0.2, -0.15) is 4.31 Å². The van der Waals surface area contributed by atoms with Crippen LogP contribution in [-0.2, 0) is 10.0 Å². The van der Waals surface area contributed by atoms with Gasteiger partial charge in [-0.25, -0.2) is 12.8 Å². The van der Waals surface area contributed by atoms with Crippen molar-refractivity contribution in [2.45, 2.75) is 37.6 Å². The van der Waals surface area contributed by atoms with Crippen molar-refractivity contribution in [3.8, 4) is 0 Å². The highest BCUT2D eigenvalue weighted by atomic mass is 32.2. The van der Waals surface area contributed by atoms with Crippen LogP contribution in [0.4, 0.5) is 4.39 Å². The van der Waals surface area contributed by atoms with Crippen LogP contribution in [0.3, 0.4) is 0 Å². The maximum atomic E-state index is 13.5. The van der Waals surface area contributed by atoms with Crippen LogP contribution < -0.4 is 0 Å². The van der Waals surface area contributed by atoms with Gasteiger partial charge in [0.25, 0.3) is 0 Å². The highest BCUT2D eigenvalue weighted by Crippen LogP contribution is 2.36. The number of halogens is 1. The van der Waals surface area contributed by atoms with Crippen molar-refractivity contribution in [2.75, 3.05) is 6.54 Å². The predicted octanol–water partition coefficient (Wildman–Crippen LogP) is 3.97. The molecule has 3 rings (SSSR count). The normalized spacial score (nSPS) is 19.2. The first-order valence-electron chi connectivity index (χ1n) is 7.74. The Labute approximate surface area is 136 Å². The zero-order valence-electron chi connectivity index (χ0n) is 13.3. The summed E-state index contributed by atoms with van der Waals surface area (Å²) in [5.41, 5.74) is 2.73. The molecular weight excluding hydrogens is 313 g/mol. The van der Waals surface area contributed by atoms with E-state index in [0.717, 1.165) is 23.1 Å². The Morgan fingerprint density at radius 1 is 1.09 bits per heavy atom. The summed E-state index contributed by atoms with van der Waals surface area (Å²) in [5.74, 6) is -0.335. The summed E-state index contributed by atoms with van der Waals surface area (Å²) in [6.45, 7) is 4.33. The number of rotatable bonds is 3. The quantitative estimate of drug-likeness (QED) is 0.852. The summed E-state index contributed by atoms with van der Waals surface area (Å²) in [6.07, 6.45) is 1.50. The minimum atomic E-state index is -3.58. The van der Waals surface area contributed by atoms with E-state index in [4.69, 9.17) is 0 Å². The minimum absolute atomic E-state index is 0.294. The van der Waals surface area contributed by atoms with Crippen molar-refractivity contribution >= 4 is 10.0 Å². The highest BCUT2D eigenvalue weighted by molar-refractivity contribution is 7.89. The van der Waals surface area contributed by atoms with Gasteiger partial charge < -0.3 is 0 Å². The van der Waals surface area contributed by atoms with Crippen molar-refractivity contribution in [2.24, 2.45) is 0 Å². The first kappa shape index (κ1) is 16.1. The average Bonchev–Trinajstić information content (AvgIpc) is 3.00. The molecular formula is C18H20FNO2S. The highest BCUT2D eigenvalue weighted by Gasteiger charge is 2.36. The second-order valence-electron chi connectivity index (χ2n) is 6.07. The van der Waals surface area contributed by atoms with Crippen LogP contribution >= 0.6 is 0 Å². The lowest BCUT2D eigenvalue weighted by molar-refractivity contribution is 0.395. The lowest BCUT2D eigenvalue weighted by Gasteiger charge is -2.25. The van der Waals surface area contributed by atoms with Gasteiger partial charge in [0.05, 0.1) is 10.9 Å². The Balaban J connectivity index is 1.99. The number of nitrogens with zero attached hydrogens (tertiary/aromatic N) is 1. The summed E-state index contributed by atoms with van der Waals surface area (Å²) in [5, 5.41) is 0. The van der Waals surface area contributed by atoms with Crippen LogP contribution in [0.1, 0.15) is 35.6 Å². The van der Waals surface area contributed by atoms with E-state index in [9.17, 15) is 12.8 Å². The third-order valence-corrected chi connectivity index (χ3v) is 6.43. The Bertz CT molecular complexity index is 833. The van der Waals surface area contributed by atoms with E-state index >= 15 is 0 Å². The molecule has 1 atom stereocenters. The van der Waals surface area contributed by atoms with Gasteiger partial charge in [-0.05, 0) is 67.6 Å². The van der Waals surface area contributed by atoms with E-state index in [2.05, 4.69) is 0 Å². The Morgan fingerprint density at radius 2 is 1.87 bits per heavy atom. The summed E-state index contributed by atoms with van der Waals surface area (Å²) in [4.78, 5) is 0.309. The van der Waals surface area contributed by atoms with Crippen LogP contribution in [0.2, 0.25) is 0 Å². The first-order valence-corrected chi connectivity index (χ1v) is 9.18. The molecule has 0 aliphatic carbocycles. The predicted molar refractivity (Wildman–Crippen MR) is 88.2 cm³/mol. The summed E-state index contributed by atoms with van der Waals surface area (Å²) in [6, 6.07) is 11.1. The summed E-state index contributed by atoms with van der Waals surface area (Å²) >= 11 is 0. The molecule has 0 aromatic heterocycles. The van der Waals surface area contributed by atoms with Gasteiger partial charge in [0.2, 0.25) is 10.0 Å². The molecule has 1 heterocycles. The third kappa shape index (κ3) is 3.03. The molecule has 1 aliphatic rings. The van der Waals surface area contributed by atoms with Crippen molar-refractivity contribution in [1.29, 1.82) is 0 Å². The lowest BCUT2D eigenvalue weighted by Crippen LogP contribution is -2.30. The van der Waals surface area contributed by atoms with Gasteiger partial charge in [-0.1, -0.05) is 18.2 Å². The SMILES string of the molecule is Cc1ccc(S(=O)(=O)N2CCC[C@H]2c2cccc(F)c2)cc1C. The smallest absolute Gasteiger partial charge is 0.207 e. The second-order valence-corrected chi connectivity index (χ2v) is 7.97. The van der Waals surface area contributed by atoms with Crippen LogP contribution in [0.5, 0.6) is 0 Å². The van der Waals surface area contributed by atoms with Gasteiger partial charge in [-0.3, -0.25) is 0 Å². The number of hydrogen-bond acceptors (Lipinski definition) is 2. The maximum Gasteiger partial charge on any atom is 0.243 e. The van der Waals surface area contributed by atoms with Crippen LogP contribution in [-0.4, -0.2) is 19.3 Å². The molecule has 1 aliphatic heterocycles. The molecule has 5 heteroatoms. The van der Waals surface area contributed by atoms with Crippen LogP contribution in [0, 0.1) is 19.7 Å². The van der Waals surface area contributed by atoms with E-state index in [1.54, 1.807) is 24.3 Å². The van der Waals surface area contributed by atoms with Gasteiger partial charge in [0.15, 0.2) is 0 Å². The van der Waals surface area contributed by atoms with Gasteiger partial charge in [0, 0.05) is 6.54 Å². The lowest BCUT2D eigenvalue weighted by atomic mass is 10.1. The van der Waals surface area contributed by atoms with Crippen molar-refractivity contribution < 1.29 is 12.8 Å². The fraction of sp³-hybridized carbons (Fsp3) is 0.333. The van der Waals surface area contributed by atoms with Gasteiger partial charge >= 0.3 is 0 Å². The molecule has 2 aromatic rings. The van der Waals surface area contributed by atoms with Crippen molar-refractivity contribution in [3.63, 3.8) is 0 Å². The molecule has 0 spiro atoms. The molecule has 3 nitrogen and oxygen atoms in total. The Hall–Kier alpha value is -1.72. The number of benzene rings is 2. The fourth-order valence-corrected chi connectivity index (χ4v) is 4.85. The van der Waals surface area contributed by atoms with Crippen LogP contribution in [0.15, 0.2) is 47.4 Å². The zero-order valence-corrected chi connectivity index (χ0v) is 14.1. The molecule has 0 N–H and O–H groups in total. The molecule has 122 valence electrons.